The molecule has 0 fully saturated rings. The van der Waals surface area contributed by atoms with Crippen LogP contribution >= 0.6 is 0 Å². The summed E-state index contributed by atoms with van der Waals surface area (Å²) in [7, 11) is 3.48. The van der Waals surface area contributed by atoms with E-state index in [1.807, 2.05) is 6.92 Å². The molecule has 0 saturated carbocycles. The second-order valence-electron chi connectivity index (χ2n) is 3.96. The molecule has 18 heavy (non-hydrogen) atoms. The van der Waals surface area contributed by atoms with Crippen molar-refractivity contribution in [1.82, 2.24) is 14.8 Å². The second-order valence-corrected chi connectivity index (χ2v) is 3.96. The minimum atomic E-state index is -0.490. The molecule has 0 bridgehead atoms. The van der Waals surface area contributed by atoms with Crippen LogP contribution in [-0.4, -0.2) is 47.5 Å². The first-order valence-electron chi connectivity index (χ1n) is 5.75. The van der Waals surface area contributed by atoms with Gasteiger partial charge in [-0.25, -0.2) is 0 Å². The highest BCUT2D eigenvalue weighted by atomic mass is 16.6. The third kappa shape index (κ3) is 3.07. The van der Waals surface area contributed by atoms with Crippen LogP contribution in [0.2, 0.25) is 0 Å². The predicted octanol–water partition coefficient (Wildman–Crippen LogP) is 0.708. The van der Waals surface area contributed by atoms with Crippen molar-refractivity contribution in [3.63, 3.8) is 0 Å². The predicted molar refractivity (Wildman–Crippen MR) is 67.6 cm³/mol. The molecule has 0 spiro atoms. The summed E-state index contributed by atoms with van der Waals surface area (Å²) in [6.45, 7) is 3.60. The average Bonchev–Trinajstić information content (AvgIpc) is 2.79. The van der Waals surface area contributed by atoms with Crippen molar-refractivity contribution in [2.75, 3.05) is 27.2 Å². The number of rotatable bonds is 6. The highest BCUT2D eigenvalue weighted by Crippen LogP contribution is 2.17. The van der Waals surface area contributed by atoms with Crippen LogP contribution in [-0.2, 0) is 6.54 Å². The molecule has 0 aliphatic carbocycles. The molecular formula is C11H18N4O3. The molecule has 7 nitrogen and oxygen atoms in total. The number of likely N-dealkylation sites (N-methyl/N-ethyl adjacent to an activating group) is 2. The maximum atomic E-state index is 12.1. The summed E-state index contributed by atoms with van der Waals surface area (Å²) in [4.78, 5) is 23.9. The molecule has 100 valence electrons. The molecule has 0 aliphatic heterocycles. The van der Waals surface area contributed by atoms with Crippen molar-refractivity contribution in [3.8, 4) is 0 Å². The zero-order valence-corrected chi connectivity index (χ0v) is 10.8. The third-order valence-electron chi connectivity index (χ3n) is 2.70. The fraction of sp³-hybridized carbons (Fsp3) is 0.545. The Balaban J connectivity index is 2.93. The quantitative estimate of drug-likeness (QED) is 0.598. The third-order valence-corrected chi connectivity index (χ3v) is 2.70. The zero-order valence-electron chi connectivity index (χ0n) is 10.8. The van der Waals surface area contributed by atoms with E-state index in [0.717, 1.165) is 0 Å². The van der Waals surface area contributed by atoms with Crippen molar-refractivity contribution in [3.05, 3.63) is 28.1 Å². The van der Waals surface area contributed by atoms with Crippen LogP contribution in [0.4, 0.5) is 5.69 Å². The molecule has 1 heterocycles. The van der Waals surface area contributed by atoms with Crippen molar-refractivity contribution in [2.24, 2.45) is 0 Å². The Morgan fingerprint density at radius 3 is 2.78 bits per heavy atom. The first-order valence-corrected chi connectivity index (χ1v) is 5.75. The standard InChI is InChI=1S/C11H18N4O3/c1-4-14-8-9(15(17)18)7-10(14)11(16)13(3)6-5-12-2/h7-8,12H,4-6H2,1-3H3. The Morgan fingerprint density at radius 1 is 1.61 bits per heavy atom. The van der Waals surface area contributed by atoms with Gasteiger partial charge in [0.2, 0.25) is 0 Å². The number of carbonyl (C=O) groups is 1. The van der Waals surface area contributed by atoms with Crippen LogP contribution in [0.25, 0.3) is 0 Å². The molecule has 0 radical (unpaired) electrons. The van der Waals surface area contributed by atoms with E-state index in [0.29, 0.717) is 25.3 Å². The summed E-state index contributed by atoms with van der Waals surface area (Å²) in [6, 6.07) is 1.32. The Bertz CT molecular complexity index is 441. The van der Waals surface area contributed by atoms with E-state index < -0.39 is 4.92 Å². The van der Waals surface area contributed by atoms with E-state index in [2.05, 4.69) is 5.32 Å². The smallest absolute Gasteiger partial charge is 0.287 e. The van der Waals surface area contributed by atoms with Gasteiger partial charge in [0.15, 0.2) is 0 Å². The Hall–Kier alpha value is -1.89. The summed E-state index contributed by atoms with van der Waals surface area (Å²) in [6.07, 6.45) is 1.39. The van der Waals surface area contributed by atoms with Gasteiger partial charge in [-0.05, 0) is 14.0 Å². The minimum Gasteiger partial charge on any atom is -0.339 e. The zero-order chi connectivity index (χ0) is 13.7. The summed E-state index contributed by atoms with van der Waals surface area (Å²) < 4.78 is 1.59. The molecule has 0 aliphatic rings. The van der Waals surface area contributed by atoms with Crippen molar-refractivity contribution >= 4 is 11.6 Å². The average molecular weight is 254 g/mol. The molecule has 0 aromatic carbocycles. The van der Waals surface area contributed by atoms with Crippen LogP contribution in [0.3, 0.4) is 0 Å². The van der Waals surface area contributed by atoms with E-state index in [1.165, 1.54) is 12.3 Å². The van der Waals surface area contributed by atoms with Gasteiger partial charge in [-0.3, -0.25) is 14.9 Å². The molecule has 1 rings (SSSR count). The van der Waals surface area contributed by atoms with Gasteiger partial charge in [-0.1, -0.05) is 0 Å². The number of nitro groups is 1. The van der Waals surface area contributed by atoms with Gasteiger partial charge < -0.3 is 14.8 Å². The van der Waals surface area contributed by atoms with E-state index in [4.69, 9.17) is 0 Å². The first-order chi connectivity index (χ1) is 8.51. The molecular weight excluding hydrogens is 236 g/mol. The van der Waals surface area contributed by atoms with Crippen molar-refractivity contribution in [1.29, 1.82) is 0 Å². The molecule has 1 aromatic rings. The lowest BCUT2D eigenvalue weighted by atomic mass is 10.3. The summed E-state index contributed by atoms with van der Waals surface area (Å²) in [5.74, 6) is -0.208. The maximum Gasteiger partial charge on any atom is 0.287 e. The van der Waals surface area contributed by atoms with Crippen LogP contribution in [0.5, 0.6) is 0 Å². The number of nitrogens with one attached hydrogen (secondary N) is 1. The van der Waals surface area contributed by atoms with E-state index in [1.54, 1.807) is 23.6 Å². The molecule has 0 atom stereocenters. The largest absolute Gasteiger partial charge is 0.339 e. The molecule has 7 heteroatoms. The Labute approximate surface area is 106 Å². The molecule has 0 unspecified atom stereocenters. The van der Waals surface area contributed by atoms with Gasteiger partial charge >= 0.3 is 0 Å². The molecule has 1 N–H and O–H groups in total. The number of amides is 1. The van der Waals surface area contributed by atoms with E-state index in [9.17, 15) is 14.9 Å². The van der Waals surface area contributed by atoms with Gasteiger partial charge in [0.25, 0.3) is 11.6 Å². The number of aryl methyl sites for hydroxylation is 1. The first kappa shape index (κ1) is 14.2. The van der Waals surface area contributed by atoms with Gasteiger partial charge in [-0.2, -0.15) is 0 Å². The number of aromatic nitrogens is 1. The summed E-state index contributed by atoms with van der Waals surface area (Å²) in [5.41, 5.74) is 0.296. The van der Waals surface area contributed by atoms with Crippen LogP contribution < -0.4 is 5.32 Å². The summed E-state index contributed by atoms with van der Waals surface area (Å²) in [5, 5.41) is 13.7. The van der Waals surface area contributed by atoms with Crippen molar-refractivity contribution in [2.45, 2.75) is 13.5 Å². The van der Waals surface area contributed by atoms with Gasteiger partial charge in [0, 0.05) is 32.7 Å². The normalized spacial score (nSPS) is 10.4. The van der Waals surface area contributed by atoms with Gasteiger partial charge in [0.1, 0.15) is 5.69 Å². The van der Waals surface area contributed by atoms with E-state index in [-0.39, 0.29) is 11.6 Å². The maximum absolute atomic E-state index is 12.1. The fourth-order valence-electron chi connectivity index (χ4n) is 1.61. The van der Waals surface area contributed by atoms with Gasteiger partial charge in [-0.15, -0.1) is 0 Å². The van der Waals surface area contributed by atoms with Crippen LogP contribution in [0.15, 0.2) is 12.3 Å². The Morgan fingerprint density at radius 2 is 2.28 bits per heavy atom. The van der Waals surface area contributed by atoms with Crippen LogP contribution in [0.1, 0.15) is 17.4 Å². The second kappa shape index (κ2) is 6.15. The number of hydrogen-bond donors (Lipinski definition) is 1. The highest BCUT2D eigenvalue weighted by molar-refractivity contribution is 5.93. The molecule has 1 aromatic heterocycles. The lowest BCUT2D eigenvalue weighted by Crippen LogP contribution is -2.33. The monoisotopic (exact) mass is 254 g/mol. The SMILES string of the molecule is CCn1cc([N+](=O)[O-])cc1C(=O)N(C)CCNC. The van der Waals surface area contributed by atoms with Crippen LogP contribution in [0, 0.1) is 10.1 Å². The lowest BCUT2D eigenvalue weighted by molar-refractivity contribution is -0.384. The minimum absolute atomic E-state index is 0.0535. The fourth-order valence-corrected chi connectivity index (χ4v) is 1.61. The number of nitrogens with zero attached hydrogens (tertiary/aromatic N) is 3. The van der Waals surface area contributed by atoms with Crippen molar-refractivity contribution < 1.29 is 9.72 Å². The highest BCUT2D eigenvalue weighted by Gasteiger charge is 2.20. The lowest BCUT2D eigenvalue weighted by Gasteiger charge is -2.17. The topological polar surface area (TPSA) is 80.4 Å². The summed E-state index contributed by atoms with van der Waals surface area (Å²) >= 11 is 0. The van der Waals surface area contributed by atoms with E-state index >= 15 is 0 Å². The van der Waals surface area contributed by atoms with Gasteiger partial charge in [0.05, 0.1) is 11.1 Å². The number of carbonyl (C=O) groups excluding carboxylic acids is 1. The molecule has 1 amide bonds. The Kier molecular flexibility index (Phi) is 4.85. The molecule has 0 saturated heterocycles. The number of hydrogen-bond acceptors (Lipinski definition) is 4.